The highest BCUT2D eigenvalue weighted by Crippen LogP contribution is 2.14. The van der Waals surface area contributed by atoms with E-state index in [9.17, 15) is 4.79 Å². The molecule has 0 aromatic carbocycles. The Balaban J connectivity index is 1.71. The average molecular weight is 374 g/mol. The van der Waals surface area contributed by atoms with Crippen LogP contribution < -0.4 is 5.32 Å². The van der Waals surface area contributed by atoms with Gasteiger partial charge < -0.3 is 5.32 Å². The zero-order chi connectivity index (χ0) is 18.8. The molecule has 3 rings (SSSR count). The molecule has 0 unspecified atom stereocenters. The number of aromatic nitrogens is 7. The first-order valence-corrected chi connectivity index (χ1v) is 9.14. The molecule has 1 amide bonds. The third-order valence-corrected chi connectivity index (χ3v) is 5.16. The Hall–Kier alpha value is -2.62. The Kier molecular flexibility index (Phi) is 5.12. The number of carbonyl (C=O) groups is 1. The molecule has 3 aromatic rings. The average Bonchev–Trinajstić information content (AvgIpc) is 3.26. The zero-order valence-corrected chi connectivity index (χ0v) is 16.4. The van der Waals surface area contributed by atoms with E-state index < -0.39 is 0 Å². The van der Waals surface area contributed by atoms with Gasteiger partial charge in [0, 0.05) is 24.3 Å². The van der Waals surface area contributed by atoms with Crippen LogP contribution in [0.4, 0.5) is 0 Å². The molecule has 0 aliphatic rings. The molecule has 3 heterocycles. The monoisotopic (exact) mass is 374 g/mol. The molecule has 26 heavy (non-hydrogen) atoms. The highest BCUT2D eigenvalue weighted by molar-refractivity contribution is 6.99. The van der Waals surface area contributed by atoms with Crippen LogP contribution in [-0.2, 0) is 19.6 Å². The lowest BCUT2D eigenvalue weighted by Gasteiger charge is -2.06. The molecular weight excluding hydrogens is 352 g/mol. The molecule has 9 nitrogen and oxygen atoms in total. The van der Waals surface area contributed by atoms with E-state index in [0.717, 1.165) is 34.9 Å². The fourth-order valence-electron chi connectivity index (χ4n) is 2.81. The summed E-state index contributed by atoms with van der Waals surface area (Å²) in [5.41, 5.74) is 5.77. The van der Waals surface area contributed by atoms with Crippen molar-refractivity contribution in [2.45, 2.75) is 54.3 Å². The molecule has 0 fully saturated rings. The van der Waals surface area contributed by atoms with E-state index in [2.05, 4.69) is 29.5 Å². The molecule has 3 aromatic heterocycles. The molecule has 0 bridgehead atoms. The van der Waals surface area contributed by atoms with Crippen molar-refractivity contribution in [1.29, 1.82) is 0 Å². The van der Waals surface area contributed by atoms with Crippen LogP contribution >= 0.6 is 11.7 Å². The molecular formula is C16H22N8OS. The van der Waals surface area contributed by atoms with Gasteiger partial charge in [0.15, 0.2) is 5.69 Å². The topological polar surface area (TPSA) is 103 Å². The lowest BCUT2D eigenvalue weighted by Crippen LogP contribution is -2.24. The molecule has 0 aliphatic carbocycles. The van der Waals surface area contributed by atoms with Crippen molar-refractivity contribution in [3.8, 4) is 0 Å². The molecule has 0 saturated heterocycles. The van der Waals surface area contributed by atoms with Gasteiger partial charge in [-0.3, -0.25) is 9.48 Å². The van der Waals surface area contributed by atoms with Gasteiger partial charge in [0.1, 0.15) is 0 Å². The van der Waals surface area contributed by atoms with Gasteiger partial charge in [0.05, 0.1) is 41.0 Å². The molecule has 0 aliphatic heterocycles. The van der Waals surface area contributed by atoms with E-state index in [4.69, 9.17) is 0 Å². The van der Waals surface area contributed by atoms with Crippen LogP contribution in [0.3, 0.4) is 0 Å². The van der Waals surface area contributed by atoms with Gasteiger partial charge in [-0.25, -0.2) is 4.68 Å². The maximum atomic E-state index is 12.5. The number of rotatable bonds is 6. The number of nitrogens with zero attached hydrogens (tertiary/aromatic N) is 7. The van der Waals surface area contributed by atoms with E-state index in [1.54, 1.807) is 4.68 Å². The number of aryl methyl sites for hydroxylation is 3. The van der Waals surface area contributed by atoms with Crippen molar-refractivity contribution >= 4 is 17.6 Å². The van der Waals surface area contributed by atoms with Gasteiger partial charge in [-0.1, -0.05) is 5.21 Å². The first kappa shape index (κ1) is 18.2. The van der Waals surface area contributed by atoms with E-state index >= 15 is 0 Å². The third kappa shape index (κ3) is 3.36. The van der Waals surface area contributed by atoms with Crippen LogP contribution in [-0.4, -0.2) is 39.4 Å². The Morgan fingerprint density at radius 1 is 1.08 bits per heavy atom. The summed E-state index contributed by atoms with van der Waals surface area (Å²) < 4.78 is 12.0. The molecule has 0 atom stereocenters. The Morgan fingerprint density at radius 3 is 2.46 bits per heavy atom. The quantitative estimate of drug-likeness (QED) is 0.702. The van der Waals surface area contributed by atoms with E-state index in [1.807, 2.05) is 39.3 Å². The van der Waals surface area contributed by atoms with Crippen molar-refractivity contribution in [2.24, 2.45) is 0 Å². The number of hydrogen-bond donors (Lipinski definition) is 1. The van der Waals surface area contributed by atoms with Gasteiger partial charge in [0.25, 0.3) is 5.91 Å². The van der Waals surface area contributed by atoms with Crippen LogP contribution in [0.2, 0.25) is 0 Å². The summed E-state index contributed by atoms with van der Waals surface area (Å²) in [5, 5.41) is 15.5. The van der Waals surface area contributed by atoms with Crippen LogP contribution in [0, 0.1) is 27.7 Å². The number of amides is 1. The van der Waals surface area contributed by atoms with Crippen LogP contribution in [0.25, 0.3) is 0 Å². The fraction of sp³-hybridized carbons (Fsp3) is 0.500. The van der Waals surface area contributed by atoms with Crippen molar-refractivity contribution in [1.82, 2.24) is 38.8 Å². The van der Waals surface area contributed by atoms with Crippen molar-refractivity contribution < 1.29 is 4.79 Å². The normalized spacial score (nSPS) is 11.1. The summed E-state index contributed by atoms with van der Waals surface area (Å²) in [6.45, 7) is 11.4. The summed E-state index contributed by atoms with van der Waals surface area (Å²) in [6.07, 6.45) is 0. The molecule has 138 valence electrons. The minimum Gasteiger partial charge on any atom is -0.346 e. The maximum Gasteiger partial charge on any atom is 0.274 e. The van der Waals surface area contributed by atoms with E-state index in [-0.39, 0.29) is 5.91 Å². The lowest BCUT2D eigenvalue weighted by atomic mass is 10.2. The smallest absolute Gasteiger partial charge is 0.274 e. The van der Waals surface area contributed by atoms with Crippen molar-refractivity contribution in [3.05, 3.63) is 39.7 Å². The van der Waals surface area contributed by atoms with Crippen LogP contribution in [0.1, 0.15) is 51.4 Å². The maximum absolute atomic E-state index is 12.5. The molecule has 0 radical (unpaired) electrons. The summed E-state index contributed by atoms with van der Waals surface area (Å²) in [4.78, 5) is 12.5. The van der Waals surface area contributed by atoms with E-state index in [0.29, 0.717) is 24.5 Å². The Labute approximate surface area is 155 Å². The summed E-state index contributed by atoms with van der Waals surface area (Å²) in [7, 11) is 0. The molecule has 0 spiro atoms. The number of carbonyl (C=O) groups excluding carboxylic acids is 1. The standard InChI is InChI=1S/C16H22N8OS/c1-6-23-11(4)13(9(2)19-23)7-17-16(25)15-12(5)24(22-18-15)8-14-10(3)20-26-21-14/h6-8H2,1-5H3,(H,17,25). The zero-order valence-electron chi connectivity index (χ0n) is 15.6. The lowest BCUT2D eigenvalue weighted by molar-refractivity contribution is 0.0945. The minimum atomic E-state index is -0.245. The number of hydrogen-bond acceptors (Lipinski definition) is 7. The summed E-state index contributed by atoms with van der Waals surface area (Å²) in [5.74, 6) is -0.245. The third-order valence-electron chi connectivity index (χ3n) is 4.50. The van der Waals surface area contributed by atoms with Gasteiger partial charge >= 0.3 is 0 Å². The van der Waals surface area contributed by atoms with Crippen molar-refractivity contribution in [2.75, 3.05) is 0 Å². The minimum absolute atomic E-state index is 0.245. The van der Waals surface area contributed by atoms with Crippen molar-refractivity contribution in [3.63, 3.8) is 0 Å². The molecule has 0 saturated carbocycles. The SMILES string of the molecule is CCn1nc(C)c(CNC(=O)c2nnn(Cc3nsnc3C)c2C)c1C. The first-order valence-electron chi connectivity index (χ1n) is 8.41. The van der Waals surface area contributed by atoms with Gasteiger partial charge in [-0.2, -0.15) is 13.8 Å². The molecule has 1 N–H and O–H groups in total. The van der Waals surface area contributed by atoms with E-state index in [1.165, 1.54) is 11.7 Å². The predicted octanol–water partition coefficient (Wildman–Crippen LogP) is 1.56. The second kappa shape index (κ2) is 7.32. The highest BCUT2D eigenvalue weighted by atomic mass is 32.1. The predicted molar refractivity (Wildman–Crippen MR) is 97.1 cm³/mol. The van der Waals surface area contributed by atoms with Crippen LogP contribution in [0.5, 0.6) is 0 Å². The first-order chi connectivity index (χ1) is 12.4. The fourth-order valence-corrected chi connectivity index (χ4v) is 3.36. The summed E-state index contributed by atoms with van der Waals surface area (Å²) in [6, 6.07) is 0. The van der Waals surface area contributed by atoms with Crippen LogP contribution in [0.15, 0.2) is 0 Å². The Bertz CT molecular complexity index is 938. The van der Waals surface area contributed by atoms with Gasteiger partial charge in [-0.15, -0.1) is 5.10 Å². The largest absolute Gasteiger partial charge is 0.346 e. The molecule has 10 heteroatoms. The van der Waals surface area contributed by atoms with Gasteiger partial charge in [0.2, 0.25) is 0 Å². The summed E-state index contributed by atoms with van der Waals surface area (Å²) >= 11 is 1.17. The Morgan fingerprint density at radius 2 is 1.85 bits per heavy atom. The highest BCUT2D eigenvalue weighted by Gasteiger charge is 2.19. The second-order valence-corrected chi connectivity index (χ2v) is 6.65. The second-order valence-electron chi connectivity index (χ2n) is 6.13. The van der Waals surface area contributed by atoms with Gasteiger partial charge in [-0.05, 0) is 34.6 Å². The number of nitrogens with one attached hydrogen (secondary N) is 1.